The van der Waals surface area contributed by atoms with Crippen LogP contribution in [-0.2, 0) is 23.9 Å². The maximum atomic E-state index is 12.6. The van der Waals surface area contributed by atoms with Crippen molar-refractivity contribution in [3.8, 4) is 46.0 Å². The molecule has 0 radical (unpaired) electrons. The van der Waals surface area contributed by atoms with E-state index >= 15 is 0 Å². The van der Waals surface area contributed by atoms with Gasteiger partial charge in [-0.1, -0.05) is 50.3 Å². The van der Waals surface area contributed by atoms with Gasteiger partial charge in [0.2, 0.25) is 0 Å². The van der Waals surface area contributed by atoms with Gasteiger partial charge in [-0.3, -0.25) is 0 Å². The number of carbonyl (C=O) groups excluding carboxylic acids is 4. The van der Waals surface area contributed by atoms with Crippen molar-refractivity contribution in [3.05, 3.63) is 133 Å². The van der Waals surface area contributed by atoms with Crippen LogP contribution in [0.2, 0.25) is 0 Å². The molecule has 0 N–H and O–H groups in total. The lowest BCUT2D eigenvalue weighted by Gasteiger charge is -2.15. The number of rotatable bonds is 11. The third-order valence-corrected chi connectivity index (χ3v) is 5.89. The summed E-state index contributed by atoms with van der Waals surface area (Å²) in [6.07, 6.45) is 2.31. The van der Waals surface area contributed by atoms with Gasteiger partial charge in [0.25, 0.3) is 0 Å². The molecule has 9 heteroatoms. The highest BCUT2D eigenvalue weighted by Gasteiger charge is 2.19. The van der Waals surface area contributed by atoms with Crippen LogP contribution in [0, 0.1) is 11.8 Å². The van der Waals surface area contributed by atoms with Gasteiger partial charge in [-0.2, -0.15) is 0 Å². The van der Waals surface area contributed by atoms with Gasteiger partial charge in [0.15, 0.2) is 0 Å². The van der Waals surface area contributed by atoms with Crippen LogP contribution < -0.4 is 18.9 Å². The maximum absolute atomic E-state index is 12.6. The quantitative estimate of drug-likeness (QED) is 0.0714. The second kappa shape index (κ2) is 16.1. The van der Waals surface area contributed by atoms with Crippen LogP contribution in [0.25, 0.3) is 11.1 Å². The molecule has 0 fully saturated rings. The second-order valence-electron chi connectivity index (χ2n) is 10.2. The summed E-state index contributed by atoms with van der Waals surface area (Å²) in [5, 5.41) is 0. The molecule has 0 heterocycles. The van der Waals surface area contributed by atoms with E-state index in [2.05, 4.69) is 38.2 Å². The standard InChI is InChI=1S/C38H32O9/c1-23(2)35(39)44-20-19-43-30-15-10-27(11-16-30)9-12-29-21-34(47-38(42)26(7)8)32(22-33(29)46-37(41)25(5)6)28-13-17-31(18-14-28)45-36(40)24(3)4/h10-11,13-22H,1,3,5,7H2,2,4,6,8H3. The lowest BCUT2D eigenvalue weighted by molar-refractivity contribution is -0.134. The maximum Gasteiger partial charge on any atom is 0.338 e. The van der Waals surface area contributed by atoms with Crippen LogP contribution in [0.3, 0.4) is 0 Å². The lowest BCUT2D eigenvalue weighted by Crippen LogP contribution is -2.12. The van der Waals surface area contributed by atoms with Gasteiger partial charge in [-0.15, -0.1) is 0 Å². The molecule has 0 aliphatic rings. The highest BCUT2D eigenvalue weighted by molar-refractivity contribution is 5.92. The average Bonchev–Trinajstić information content (AvgIpc) is 3.03. The molecule has 238 valence electrons. The Morgan fingerprint density at radius 3 is 1.64 bits per heavy atom. The van der Waals surface area contributed by atoms with E-state index in [-0.39, 0.29) is 45.1 Å². The minimum atomic E-state index is -0.684. The van der Waals surface area contributed by atoms with E-state index in [0.29, 0.717) is 22.4 Å². The van der Waals surface area contributed by atoms with Gasteiger partial charge >= 0.3 is 23.9 Å². The van der Waals surface area contributed by atoms with Crippen molar-refractivity contribution in [2.24, 2.45) is 0 Å². The summed E-state index contributed by atoms with van der Waals surface area (Å²) in [5.41, 5.74) is 2.57. The largest absolute Gasteiger partial charge is 0.462 e. The van der Waals surface area contributed by atoms with Gasteiger partial charge in [0, 0.05) is 39.5 Å². The Labute approximate surface area is 273 Å². The first-order valence-corrected chi connectivity index (χ1v) is 14.0. The molecule has 3 aromatic carbocycles. The molecular formula is C38H32O9. The fourth-order valence-corrected chi connectivity index (χ4v) is 3.38. The van der Waals surface area contributed by atoms with Crippen molar-refractivity contribution in [2.45, 2.75) is 27.7 Å². The molecule has 47 heavy (non-hydrogen) atoms. The predicted octanol–water partition coefficient (Wildman–Crippen LogP) is 7.17. The third kappa shape index (κ3) is 10.3. The molecule has 0 aliphatic heterocycles. The van der Waals surface area contributed by atoms with Gasteiger partial charge < -0.3 is 23.7 Å². The molecule has 0 unspecified atom stereocenters. The van der Waals surface area contributed by atoms with E-state index in [1.165, 1.54) is 46.1 Å². The normalized spacial score (nSPS) is 10.1. The van der Waals surface area contributed by atoms with Crippen LogP contribution in [0.1, 0.15) is 38.8 Å². The number of benzene rings is 3. The van der Waals surface area contributed by atoms with Crippen molar-refractivity contribution < 1.29 is 42.9 Å². The molecule has 0 aliphatic carbocycles. The number of ether oxygens (including phenoxy) is 5. The van der Waals surface area contributed by atoms with Crippen molar-refractivity contribution in [1.29, 1.82) is 0 Å². The van der Waals surface area contributed by atoms with Crippen LogP contribution in [0.5, 0.6) is 23.0 Å². The summed E-state index contributed by atoms with van der Waals surface area (Å²) in [5.74, 6) is 4.38. The molecule has 3 aromatic rings. The molecule has 0 amide bonds. The summed E-state index contributed by atoms with van der Waals surface area (Å²) >= 11 is 0. The molecule has 0 saturated carbocycles. The monoisotopic (exact) mass is 632 g/mol. The van der Waals surface area contributed by atoms with Crippen molar-refractivity contribution in [3.63, 3.8) is 0 Å². The number of hydrogen-bond donors (Lipinski definition) is 0. The minimum absolute atomic E-state index is 0.0859. The molecule has 0 aromatic heterocycles. The van der Waals surface area contributed by atoms with Crippen LogP contribution in [0.15, 0.2) is 122 Å². The third-order valence-electron chi connectivity index (χ3n) is 5.89. The summed E-state index contributed by atoms with van der Waals surface area (Å²) in [4.78, 5) is 48.6. The highest BCUT2D eigenvalue weighted by Crippen LogP contribution is 2.37. The topological polar surface area (TPSA) is 114 Å². The van der Waals surface area contributed by atoms with Gasteiger partial charge in [0.05, 0.1) is 5.56 Å². The Balaban J connectivity index is 2.02. The predicted molar refractivity (Wildman–Crippen MR) is 176 cm³/mol. The van der Waals surface area contributed by atoms with Crippen molar-refractivity contribution in [1.82, 2.24) is 0 Å². The first-order valence-electron chi connectivity index (χ1n) is 14.0. The Hall–Kier alpha value is -6.40. The molecule has 0 spiro atoms. The van der Waals surface area contributed by atoms with Crippen LogP contribution in [0.4, 0.5) is 0 Å². The van der Waals surface area contributed by atoms with Gasteiger partial charge in [0.1, 0.15) is 35.5 Å². The van der Waals surface area contributed by atoms with E-state index in [1.54, 1.807) is 48.5 Å². The minimum Gasteiger partial charge on any atom is -0.462 e. The number of carbonyl (C=O) groups is 4. The zero-order valence-corrected chi connectivity index (χ0v) is 26.4. The van der Waals surface area contributed by atoms with Gasteiger partial charge in [-0.05, 0) is 75.7 Å². The molecular weight excluding hydrogens is 600 g/mol. The average molecular weight is 633 g/mol. The smallest absolute Gasteiger partial charge is 0.338 e. The number of hydrogen-bond acceptors (Lipinski definition) is 9. The Kier molecular flexibility index (Phi) is 12.0. The van der Waals surface area contributed by atoms with Crippen LogP contribution in [-0.4, -0.2) is 23.9 Å². The lowest BCUT2D eigenvalue weighted by atomic mass is 10.0. The van der Waals surface area contributed by atoms with E-state index in [4.69, 9.17) is 23.7 Å². The Morgan fingerprint density at radius 2 is 1.09 bits per heavy atom. The fourth-order valence-electron chi connectivity index (χ4n) is 3.38. The van der Waals surface area contributed by atoms with Crippen LogP contribution >= 0.6 is 0 Å². The molecule has 3 rings (SSSR count). The number of esters is 4. The Morgan fingerprint density at radius 1 is 0.574 bits per heavy atom. The van der Waals surface area contributed by atoms with E-state index in [0.717, 1.165) is 6.26 Å². The van der Waals surface area contributed by atoms with Crippen molar-refractivity contribution >= 4 is 23.9 Å². The summed E-state index contributed by atoms with van der Waals surface area (Å²) < 4.78 is 26.8. The summed E-state index contributed by atoms with van der Waals surface area (Å²) in [7, 11) is 0. The molecule has 0 bridgehead atoms. The Bertz CT molecular complexity index is 1860. The van der Waals surface area contributed by atoms with Crippen molar-refractivity contribution in [2.75, 3.05) is 0 Å². The molecule has 0 saturated heterocycles. The zero-order valence-electron chi connectivity index (χ0n) is 26.4. The fraction of sp³-hybridized carbons (Fsp3) is 0.105. The summed E-state index contributed by atoms with van der Waals surface area (Å²) in [6.45, 7) is 20.4. The first kappa shape index (κ1) is 35.1. The van der Waals surface area contributed by atoms with E-state index in [1.807, 2.05) is 0 Å². The SMILES string of the molecule is C=C(C)C(=O)OC=COc1ccc(C#Cc2cc(OC(=O)C(=C)C)c(-c3ccc(OC(=O)C(=C)C)cc3)cc2OC(=O)C(=C)C)cc1. The summed E-state index contributed by atoms with van der Waals surface area (Å²) in [6, 6.07) is 16.1. The van der Waals surface area contributed by atoms with Gasteiger partial charge in [-0.25, -0.2) is 19.2 Å². The molecule has 0 atom stereocenters. The van der Waals surface area contributed by atoms with E-state index < -0.39 is 23.9 Å². The van der Waals surface area contributed by atoms with E-state index in [9.17, 15) is 19.2 Å². The molecule has 9 nitrogen and oxygen atoms in total. The highest BCUT2D eigenvalue weighted by atomic mass is 16.6. The zero-order chi connectivity index (χ0) is 34.7. The first-order chi connectivity index (χ1) is 22.2. The second-order valence-corrected chi connectivity index (χ2v) is 10.2.